The highest BCUT2D eigenvalue weighted by atomic mass is 16.5. The summed E-state index contributed by atoms with van der Waals surface area (Å²) in [6, 6.07) is 28.0. The van der Waals surface area contributed by atoms with E-state index in [9.17, 15) is 9.59 Å². The fourth-order valence-electron chi connectivity index (χ4n) is 6.06. The second-order valence-electron chi connectivity index (χ2n) is 13.4. The molecule has 6 rings (SSSR count). The van der Waals surface area contributed by atoms with E-state index in [1.807, 2.05) is 84.9 Å². The van der Waals surface area contributed by atoms with Gasteiger partial charge in [0, 0.05) is 41.8 Å². The van der Waals surface area contributed by atoms with Crippen molar-refractivity contribution in [2.45, 2.75) is 39.0 Å². The number of rotatable bonds is 11. The maximum Gasteiger partial charge on any atom is 0.323 e. The van der Waals surface area contributed by atoms with Crippen LogP contribution in [0.3, 0.4) is 0 Å². The van der Waals surface area contributed by atoms with Crippen molar-refractivity contribution >= 4 is 45.6 Å². The maximum atomic E-state index is 13.6. The lowest BCUT2D eigenvalue weighted by molar-refractivity contribution is 0.0946. The maximum absolute atomic E-state index is 13.6. The molecule has 50 heavy (non-hydrogen) atoms. The van der Waals surface area contributed by atoms with Gasteiger partial charge in [0.2, 0.25) is 0 Å². The van der Waals surface area contributed by atoms with E-state index in [1.54, 1.807) is 12.3 Å². The predicted octanol–water partition coefficient (Wildman–Crippen LogP) is 8.55. The van der Waals surface area contributed by atoms with Crippen LogP contribution in [0.2, 0.25) is 0 Å². The lowest BCUT2D eigenvalue weighted by Crippen LogP contribution is -2.34. The quantitative estimate of drug-likeness (QED) is 0.111. The summed E-state index contributed by atoms with van der Waals surface area (Å²) in [6.07, 6.45) is 4.08. The van der Waals surface area contributed by atoms with E-state index < -0.39 is 6.03 Å². The molecule has 0 spiro atoms. The Kier molecular flexibility index (Phi) is 10.5. The average molecular weight is 673 g/mol. The largest absolute Gasteiger partial charge is 0.494 e. The van der Waals surface area contributed by atoms with Crippen molar-refractivity contribution < 1.29 is 19.1 Å². The van der Waals surface area contributed by atoms with Gasteiger partial charge < -0.3 is 35.6 Å². The minimum absolute atomic E-state index is 0.241. The third kappa shape index (κ3) is 8.33. The highest BCUT2D eigenvalue weighted by molar-refractivity contribution is 6.09. The molecule has 0 atom stereocenters. The molecule has 0 saturated carbocycles. The highest BCUT2D eigenvalue weighted by Crippen LogP contribution is 2.37. The van der Waals surface area contributed by atoms with E-state index in [2.05, 4.69) is 51.9 Å². The molecule has 0 radical (unpaired) electrons. The molecule has 0 bridgehead atoms. The fraction of sp³-hybridized carbons (Fsp3) is 0.275. The number of amides is 3. The molecular weight excluding hydrogens is 628 g/mol. The van der Waals surface area contributed by atoms with Gasteiger partial charge in [-0.25, -0.2) is 9.78 Å². The van der Waals surface area contributed by atoms with Crippen LogP contribution in [0, 0.1) is 0 Å². The molecule has 1 saturated heterocycles. The number of likely N-dealkylation sites (tertiary alicyclic amines) is 1. The minimum Gasteiger partial charge on any atom is -0.494 e. The van der Waals surface area contributed by atoms with E-state index in [1.165, 1.54) is 20.0 Å². The van der Waals surface area contributed by atoms with Crippen LogP contribution in [-0.4, -0.2) is 55.1 Å². The third-order valence-corrected chi connectivity index (χ3v) is 8.70. The van der Waals surface area contributed by atoms with Gasteiger partial charge in [-0.15, -0.1) is 0 Å². The van der Waals surface area contributed by atoms with Gasteiger partial charge in [0.05, 0.1) is 24.0 Å². The number of para-hydroxylation sites is 1. The molecule has 10 nitrogen and oxygen atoms in total. The number of urea groups is 1. The number of anilines is 4. The number of carbonyl (C=O) groups is 2. The monoisotopic (exact) mass is 672 g/mol. The summed E-state index contributed by atoms with van der Waals surface area (Å²) in [6.45, 7) is 9.65. The van der Waals surface area contributed by atoms with Gasteiger partial charge in [-0.3, -0.25) is 4.79 Å². The standard InChI is InChI=1S/C40H44N6O4/c1-40(2,3)27-24-32(38(47)42-20-23-46-21-10-11-22-46)37(49-4)34(25-27)45-39(48)44-33-16-17-35(31-15-9-8-14-30(31)33)50-29-18-19-41-36(26-29)43-28-12-6-5-7-13-28/h5-9,12-19,24-26H,10-11,20-23H2,1-4H3,(H,41,43)(H,42,47)(H2,44,45,48). The summed E-state index contributed by atoms with van der Waals surface area (Å²) in [7, 11) is 1.51. The van der Waals surface area contributed by atoms with Crippen molar-refractivity contribution in [2.75, 3.05) is 49.2 Å². The summed E-state index contributed by atoms with van der Waals surface area (Å²) in [4.78, 5) is 33.8. The molecule has 4 aromatic carbocycles. The van der Waals surface area contributed by atoms with Gasteiger partial charge in [0.15, 0.2) is 5.75 Å². The number of pyridine rings is 1. The molecule has 10 heteroatoms. The number of fused-ring (bicyclic) bond motifs is 1. The number of benzene rings is 4. The number of nitrogens with one attached hydrogen (secondary N) is 4. The van der Waals surface area contributed by atoms with Crippen LogP contribution in [0.5, 0.6) is 17.2 Å². The lowest BCUT2D eigenvalue weighted by Gasteiger charge is -2.24. The summed E-state index contributed by atoms with van der Waals surface area (Å²) in [5.41, 5.74) is 2.90. The van der Waals surface area contributed by atoms with E-state index in [0.717, 1.165) is 41.7 Å². The Hall–Kier alpha value is -5.61. The molecule has 2 heterocycles. The average Bonchev–Trinajstić information content (AvgIpc) is 3.63. The van der Waals surface area contributed by atoms with Crippen LogP contribution in [0.1, 0.15) is 49.5 Å². The van der Waals surface area contributed by atoms with E-state index in [4.69, 9.17) is 9.47 Å². The number of hydrogen-bond acceptors (Lipinski definition) is 7. The minimum atomic E-state index is -0.473. The van der Waals surface area contributed by atoms with Gasteiger partial charge in [0.1, 0.15) is 17.3 Å². The number of ether oxygens (including phenoxy) is 2. The van der Waals surface area contributed by atoms with Crippen molar-refractivity contribution in [3.05, 3.63) is 108 Å². The Labute approximate surface area is 293 Å². The van der Waals surface area contributed by atoms with Crippen molar-refractivity contribution in [2.24, 2.45) is 0 Å². The van der Waals surface area contributed by atoms with Crippen molar-refractivity contribution in [3.63, 3.8) is 0 Å². The zero-order chi connectivity index (χ0) is 35.1. The zero-order valence-electron chi connectivity index (χ0n) is 29.0. The molecule has 0 aliphatic carbocycles. The predicted molar refractivity (Wildman–Crippen MR) is 200 cm³/mol. The fourth-order valence-corrected chi connectivity index (χ4v) is 6.06. The van der Waals surface area contributed by atoms with Gasteiger partial charge in [-0.05, 0) is 79.4 Å². The zero-order valence-corrected chi connectivity index (χ0v) is 29.0. The van der Waals surface area contributed by atoms with E-state index in [0.29, 0.717) is 46.5 Å². The highest BCUT2D eigenvalue weighted by Gasteiger charge is 2.24. The summed E-state index contributed by atoms with van der Waals surface area (Å²) in [5, 5.41) is 13.9. The first-order valence-electron chi connectivity index (χ1n) is 17.0. The first-order valence-corrected chi connectivity index (χ1v) is 17.0. The van der Waals surface area contributed by atoms with Crippen molar-refractivity contribution in [1.82, 2.24) is 15.2 Å². The van der Waals surface area contributed by atoms with Gasteiger partial charge >= 0.3 is 6.03 Å². The molecule has 3 amide bonds. The number of nitrogens with zero attached hydrogens (tertiary/aromatic N) is 2. The Morgan fingerprint density at radius 3 is 2.30 bits per heavy atom. The van der Waals surface area contributed by atoms with E-state index >= 15 is 0 Å². The topological polar surface area (TPSA) is 117 Å². The molecular formula is C40H44N6O4. The van der Waals surface area contributed by atoms with Crippen LogP contribution in [0.15, 0.2) is 97.2 Å². The molecule has 1 aliphatic rings. The smallest absolute Gasteiger partial charge is 0.323 e. The van der Waals surface area contributed by atoms with Crippen LogP contribution in [0.25, 0.3) is 10.8 Å². The molecule has 5 aromatic rings. The number of hydrogen-bond donors (Lipinski definition) is 4. The second-order valence-corrected chi connectivity index (χ2v) is 13.4. The molecule has 0 unspecified atom stereocenters. The van der Waals surface area contributed by atoms with Crippen molar-refractivity contribution in [3.8, 4) is 17.2 Å². The molecule has 4 N–H and O–H groups in total. The van der Waals surface area contributed by atoms with E-state index in [-0.39, 0.29) is 11.3 Å². The Balaban J connectivity index is 1.21. The van der Waals surface area contributed by atoms with Gasteiger partial charge in [0.25, 0.3) is 5.91 Å². The molecule has 258 valence electrons. The van der Waals surface area contributed by atoms with Gasteiger partial charge in [-0.2, -0.15) is 0 Å². The lowest BCUT2D eigenvalue weighted by atomic mass is 9.85. The number of methoxy groups -OCH3 is 1. The van der Waals surface area contributed by atoms with Crippen LogP contribution in [0.4, 0.5) is 27.7 Å². The Morgan fingerprint density at radius 1 is 0.840 bits per heavy atom. The summed E-state index contributed by atoms with van der Waals surface area (Å²) in [5.74, 6) is 1.96. The molecule has 1 fully saturated rings. The summed E-state index contributed by atoms with van der Waals surface area (Å²) < 4.78 is 12.1. The van der Waals surface area contributed by atoms with Crippen LogP contribution in [-0.2, 0) is 5.41 Å². The first-order chi connectivity index (χ1) is 24.2. The first kappa shape index (κ1) is 34.3. The molecule has 1 aliphatic heterocycles. The number of aromatic nitrogens is 1. The third-order valence-electron chi connectivity index (χ3n) is 8.70. The molecule has 1 aromatic heterocycles. The summed E-state index contributed by atoms with van der Waals surface area (Å²) >= 11 is 0. The van der Waals surface area contributed by atoms with Crippen molar-refractivity contribution in [1.29, 1.82) is 0 Å². The normalized spacial score (nSPS) is 13.1. The van der Waals surface area contributed by atoms with Crippen LogP contribution >= 0.6 is 0 Å². The SMILES string of the molecule is COc1c(NC(=O)Nc2ccc(Oc3ccnc(Nc4ccccc4)c3)c3ccccc23)cc(C(C)(C)C)cc1C(=O)NCCN1CCCC1. The second kappa shape index (κ2) is 15.3. The Morgan fingerprint density at radius 2 is 1.56 bits per heavy atom. The number of carbonyl (C=O) groups excluding carboxylic acids is 2. The Bertz CT molecular complexity index is 1970. The van der Waals surface area contributed by atoms with Crippen LogP contribution < -0.4 is 30.7 Å². The van der Waals surface area contributed by atoms with Gasteiger partial charge in [-0.1, -0.05) is 63.2 Å².